The zero-order valence-corrected chi connectivity index (χ0v) is 7.04. The predicted octanol–water partition coefficient (Wildman–Crippen LogP) is 0.399. The summed E-state index contributed by atoms with van der Waals surface area (Å²) in [6, 6.07) is 0. The van der Waals surface area contributed by atoms with Crippen LogP contribution in [0.5, 0.6) is 0 Å². The number of nitrogens with one attached hydrogen (secondary N) is 1. The molecule has 0 bridgehead atoms. The molecule has 0 aliphatic rings. The van der Waals surface area contributed by atoms with E-state index in [4.69, 9.17) is 5.11 Å². The van der Waals surface area contributed by atoms with E-state index in [1.807, 2.05) is 0 Å². The van der Waals surface area contributed by atoms with E-state index in [1.54, 1.807) is 6.08 Å². The standard InChI is InChI=1S/C8H13NO3/c1-3-4-5-9-7(10)6(2)8(11)12/h3,6H,1,4-5H2,2H3,(H,9,10)(H,11,12). The number of aliphatic carboxylic acids is 1. The summed E-state index contributed by atoms with van der Waals surface area (Å²) in [5.41, 5.74) is 0. The first-order valence-electron chi connectivity index (χ1n) is 3.71. The van der Waals surface area contributed by atoms with Crippen LogP contribution in [0.4, 0.5) is 0 Å². The number of carbonyl (C=O) groups is 2. The summed E-state index contributed by atoms with van der Waals surface area (Å²) in [7, 11) is 0. The number of amides is 1. The molecule has 68 valence electrons. The van der Waals surface area contributed by atoms with Crippen LogP contribution >= 0.6 is 0 Å². The third-order valence-corrected chi connectivity index (χ3v) is 1.41. The Morgan fingerprint density at radius 1 is 1.67 bits per heavy atom. The van der Waals surface area contributed by atoms with Crippen molar-refractivity contribution in [3.05, 3.63) is 12.7 Å². The molecule has 0 rings (SSSR count). The van der Waals surface area contributed by atoms with Gasteiger partial charge in [-0.05, 0) is 13.3 Å². The maximum Gasteiger partial charge on any atom is 0.315 e. The summed E-state index contributed by atoms with van der Waals surface area (Å²) in [4.78, 5) is 21.2. The molecule has 0 heterocycles. The Morgan fingerprint density at radius 2 is 2.25 bits per heavy atom. The molecule has 0 aliphatic heterocycles. The Labute approximate surface area is 71.3 Å². The van der Waals surface area contributed by atoms with Crippen LogP contribution in [-0.4, -0.2) is 23.5 Å². The molecule has 0 aromatic heterocycles. The van der Waals surface area contributed by atoms with E-state index in [2.05, 4.69) is 11.9 Å². The molecule has 0 saturated carbocycles. The van der Waals surface area contributed by atoms with Gasteiger partial charge in [-0.25, -0.2) is 0 Å². The zero-order valence-electron chi connectivity index (χ0n) is 7.04. The molecule has 0 fully saturated rings. The van der Waals surface area contributed by atoms with E-state index < -0.39 is 17.8 Å². The van der Waals surface area contributed by atoms with Gasteiger partial charge >= 0.3 is 5.97 Å². The molecule has 0 saturated heterocycles. The van der Waals surface area contributed by atoms with Crippen LogP contribution in [-0.2, 0) is 9.59 Å². The maximum atomic E-state index is 10.9. The highest BCUT2D eigenvalue weighted by Crippen LogP contribution is 1.93. The number of hydrogen-bond acceptors (Lipinski definition) is 2. The molecule has 4 heteroatoms. The molecule has 0 aromatic rings. The lowest BCUT2D eigenvalue weighted by atomic mass is 10.2. The Balaban J connectivity index is 3.71. The lowest BCUT2D eigenvalue weighted by Gasteiger charge is -2.06. The van der Waals surface area contributed by atoms with E-state index >= 15 is 0 Å². The Morgan fingerprint density at radius 3 is 2.67 bits per heavy atom. The van der Waals surface area contributed by atoms with Gasteiger partial charge in [-0.2, -0.15) is 0 Å². The maximum absolute atomic E-state index is 10.9. The van der Waals surface area contributed by atoms with Gasteiger partial charge in [-0.3, -0.25) is 9.59 Å². The van der Waals surface area contributed by atoms with Crippen molar-refractivity contribution in [1.82, 2.24) is 5.32 Å². The Hall–Kier alpha value is -1.32. The van der Waals surface area contributed by atoms with Gasteiger partial charge in [0.05, 0.1) is 0 Å². The first-order valence-corrected chi connectivity index (χ1v) is 3.71. The average Bonchev–Trinajstić information content (AvgIpc) is 2.03. The summed E-state index contributed by atoms with van der Waals surface area (Å²) in [6.07, 6.45) is 2.31. The molecule has 12 heavy (non-hydrogen) atoms. The third-order valence-electron chi connectivity index (χ3n) is 1.41. The molecule has 1 unspecified atom stereocenters. The quantitative estimate of drug-likeness (QED) is 0.357. The highest BCUT2D eigenvalue weighted by atomic mass is 16.4. The van der Waals surface area contributed by atoms with E-state index in [1.165, 1.54) is 6.92 Å². The highest BCUT2D eigenvalue weighted by Gasteiger charge is 2.19. The van der Waals surface area contributed by atoms with E-state index in [0.29, 0.717) is 13.0 Å². The van der Waals surface area contributed by atoms with Gasteiger partial charge < -0.3 is 10.4 Å². The molecular formula is C8H13NO3. The summed E-state index contributed by atoms with van der Waals surface area (Å²) in [5.74, 6) is -2.54. The molecule has 1 amide bonds. The number of carbonyl (C=O) groups excluding carboxylic acids is 1. The van der Waals surface area contributed by atoms with Crippen LogP contribution in [0.2, 0.25) is 0 Å². The van der Waals surface area contributed by atoms with Crippen molar-refractivity contribution in [1.29, 1.82) is 0 Å². The van der Waals surface area contributed by atoms with Crippen molar-refractivity contribution in [2.75, 3.05) is 6.54 Å². The normalized spacial score (nSPS) is 11.8. The number of carboxylic acid groups (broad SMARTS) is 1. The second-order valence-corrected chi connectivity index (χ2v) is 2.43. The van der Waals surface area contributed by atoms with Crippen molar-refractivity contribution in [2.45, 2.75) is 13.3 Å². The third kappa shape index (κ3) is 3.75. The topological polar surface area (TPSA) is 66.4 Å². The first kappa shape index (κ1) is 10.7. The second kappa shape index (κ2) is 5.35. The van der Waals surface area contributed by atoms with Gasteiger partial charge in [0, 0.05) is 6.54 Å². The van der Waals surface area contributed by atoms with Crippen LogP contribution in [0.3, 0.4) is 0 Å². The van der Waals surface area contributed by atoms with Crippen molar-refractivity contribution in [3.63, 3.8) is 0 Å². The molecule has 0 radical (unpaired) electrons. The van der Waals surface area contributed by atoms with Gasteiger partial charge in [-0.1, -0.05) is 6.08 Å². The minimum Gasteiger partial charge on any atom is -0.481 e. The predicted molar refractivity (Wildman–Crippen MR) is 44.6 cm³/mol. The summed E-state index contributed by atoms with van der Waals surface area (Å²) in [6.45, 7) is 5.27. The van der Waals surface area contributed by atoms with Crippen molar-refractivity contribution >= 4 is 11.9 Å². The lowest BCUT2D eigenvalue weighted by molar-refractivity contribution is -0.146. The van der Waals surface area contributed by atoms with Gasteiger partial charge in [0.1, 0.15) is 5.92 Å². The smallest absolute Gasteiger partial charge is 0.315 e. The Bertz CT molecular complexity index is 189. The van der Waals surface area contributed by atoms with Crippen LogP contribution in [0.1, 0.15) is 13.3 Å². The van der Waals surface area contributed by atoms with Crippen molar-refractivity contribution < 1.29 is 14.7 Å². The summed E-state index contributed by atoms with van der Waals surface area (Å²) >= 11 is 0. The largest absolute Gasteiger partial charge is 0.481 e. The fraction of sp³-hybridized carbons (Fsp3) is 0.500. The number of hydrogen-bond donors (Lipinski definition) is 2. The molecule has 1 atom stereocenters. The Kier molecular flexibility index (Phi) is 4.76. The van der Waals surface area contributed by atoms with Crippen LogP contribution in [0.25, 0.3) is 0 Å². The molecular weight excluding hydrogens is 158 g/mol. The van der Waals surface area contributed by atoms with Gasteiger partial charge in [0.2, 0.25) is 5.91 Å². The highest BCUT2D eigenvalue weighted by molar-refractivity contribution is 5.96. The van der Waals surface area contributed by atoms with Crippen LogP contribution in [0.15, 0.2) is 12.7 Å². The molecule has 2 N–H and O–H groups in total. The van der Waals surface area contributed by atoms with Crippen molar-refractivity contribution in [2.24, 2.45) is 5.92 Å². The number of rotatable bonds is 5. The molecule has 0 aliphatic carbocycles. The number of carboxylic acids is 1. The van der Waals surface area contributed by atoms with E-state index in [-0.39, 0.29) is 0 Å². The van der Waals surface area contributed by atoms with E-state index in [0.717, 1.165) is 0 Å². The first-order chi connectivity index (χ1) is 5.59. The van der Waals surface area contributed by atoms with E-state index in [9.17, 15) is 9.59 Å². The minimum absolute atomic E-state index is 0.444. The van der Waals surface area contributed by atoms with Gasteiger partial charge in [0.25, 0.3) is 0 Å². The van der Waals surface area contributed by atoms with Gasteiger partial charge in [-0.15, -0.1) is 6.58 Å². The van der Waals surface area contributed by atoms with Crippen molar-refractivity contribution in [3.8, 4) is 0 Å². The monoisotopic (exact) mass is 171 g/mol. The SMILES string of the molecule is C=CCCNC(=O)C(C)C(=O)O. The van der Waals surface area contributed by atoms with Crippen LogP contribution < -0.4 is 5.32 Å². The fourth-order valence-electron chi connectivity index (χ4n) is 0.563. The molecule has 0 aromatic carbocycles. The summed E-state index contributed by atoms with van der Waals surface area (Å²) in [5, 5.41) is 10.9. The molecule has 4 nitrogen and oxygen atoms in total. The minimum atomic E-state index is -1.11. The van der Waals surface area contributed by atoms with Gasteiger partial charge in [0.15, 0.2) is 0 Å². The summed E-state index contributed by atoms with van der Waals surface area (Å²) < 4.78 is 0. The second-order valence-electron chi connectivity index (χ2n) is 2.43. The average molecular weight is 171 g/mol. The molecule has 0 spiro atoms. The fourth-order valence-corrected chi connectivity index (χ4v) is 0.563. The lowest BCUT2D eigenvalue weighted by Crippen LogP contribution is -2.33. The zero-order chi connectivity index (χ0) is 9.56. The van der Waals surface area contributed by atoms with Crippen LogP contribution in [0, 0.1) is 5.92 Å².